The Morgan fingerprint density at radius 1 is 1.30 bits per heavy atom. The first-order valence-corrected chi connectivity index (χ1v) is 7.30. The van der Waals surface area contributed by atoms with Crippen LogP contribution in [0.15, 0.2) is 23.1 Å². The van der Waals surface area contributed by atoms with Gasteiger partial charge >= 0.3 is 0 Å². The molecule has 23 heavy (non-hydrogen) atoms. The molecule has 0 unspecified atom stereocenters. The zero-order valence-corrected chi connectivity index (χ0v) is 12.5. The number of aryl methyl sites for hydroxylation is 1. The van der Waals surface area contributed by atoms with Gasteiger partial charge < -0.3 is 9.88 Å². The van der Waals surface area contributed by atoms with E-state index >= 15 is 0 Å². The van der Waals surface area contributed by atoms with Gasteiger partial charge in [0, 0.05) is 17.5 Å². The molecule has 4 heterocycles. The summed E-state index contributed by atoms with van der Waals surface area (Å²) >= 11 is 0. The third-order valence-electron chi connectivity index (χ3n) is 4.00. The second-order valence-corrected chi connectivity index (χ2v) is 5.56. The number of hydrogen-bond acceptors (Lipinski definition) is 5. The predicted molar refractivity (Wildman–Crippen MR) is 81.9 cm³/mol. The summed E-state index contributed by atoms with van der Waals surface area (Å²) in [5, 5.41) is 7.52. The lowest BCUT2D eigenvalue weighted by atomic mass is 10.1. The summed E-state index contributed by atoms with van der Waals surface area (Å²) in [6.45, 7) is 2.53. The van der Waals surface area contributed by atoms with Crippen LogP contribution in [0.3, 0.4) is 0 Å². The van der Waals surface area contributed by atoms with Crippen LogP contribution in [-0.4, -0.2) is 42.5 Å². The van der Waals surface area contributed by atoms with Crippen molar-refractivity contribution in [2.45, 2.75) is 19.9 Å². The molecule has 3 aromatic heterocycles. The normalized spacial score (nSPS) is 14.0. The number of pyridine rings is 1. The van der Waals surface area contributed by atoms with Crippen molar-refractivity contribution in [2.75, 3.05) is 6.54 Å². The van der Waals surface area contributed by atoms with E-state index in [0.29, 0.717) is 47.9 Å². The SMILES string of the molecule is Cc1nc2c(c(=O)[nH]1)CCN(C(=O)c1ccc3cn[nH]c3n1)C2. The molecule has 0 aromatic carbocycles. The van der Waals surface area contributed by atoms with Gasteiger partial charge in [0.05, 0.1) is 18.4 Å². The molecule has 1 aliphatic heterocycles. The number of H-pyrrole nitrogens is 2. The van der Waals surface area contributed by atoms with Crippen LogP contribution < -0.4 is 5.56 Å². The van der Waals surface area contributed by atoms with E-state index < -0.39 is 0 Å². The van der Waals surface area contributed by atoms with Crippen molar-refractivity contribution in [1.29, 1.82) is 0 Å². The van der Waals surface area contributed by atoms with Gasteiger partial charge in [0.25, 0.3) is 11.5 Å². The highest BCUT2D eigenvalue weighted by molar-refractivity contribution is 5.94. The number of nitrogens with one attached hydrogen (secondary N) is 2. The maximum absolute atomic E-state index is 12.7. The summed E-state index contributed by atoms with van der Waals surface area (Å²) in [5.41, 5.74) is 2.15. The molecule has 8 heteroatoms. The fourth-order valence-electron chi connectivity index (χ4n) is 2.84. The molecule has 0 atom stereocenters. The Balaban J connectivity index is 1.65. The van der Waals surface area contributed by atoms with Crippen LogP contribution in [-0.2, 0) is 13.0 Å². The minimum atomic E-state index is -0.174. The quantitative estimate of drug-likeness (QED) is 0.682. The summed E-state index contributed by atoms with van der Waals surface area (Å²) < 4.78 is 0. The third kappa shape index (κ3) is 2.28. The molecule has 0 aliphatic carbocycles. The third-order valence-corrected chi connectivity index (χ3v) is 4.00. The second-order valence-electron chi connectivity index (χ2n) is 5.56. The fourth-order valence-corrected chi connectivity index (χ4v) is 2.84. The summed E-state index contributed by atoms with van der Waals surface area (Å²) in [6, 6.07) is 3.50. The maximum Gasteiger partial charge on any atom is 0.272 e. The van der Waals surface area contributed by atoms with E-state index in [1.54, 1.807) is 24.1 Å². The average molecular weight is 310 g/mol. The van der Waals surface area contributed by atoms with E-state index in [9.17, 15) is 9.59 Å². The molecule has 2 N–H and O–H groups in total. The zero-order valence-electron chi connectivity index (χ0n) is 12.5. The number of amides is 1. The van der Waals surface area contributed by atoms with E-state index in [2.05, 4.69) is 25.1 Å². The van der Waals surface area contributed by atoms with Crippen LogP contribution in [0.2, 0.25) is 0 Å². The monoisotopic (exact) mass is 310 g/mol. The van der Waals surface area contributed by atoms with Gasteiger partial charge in [-0.1, -0.05) is 0 Å². The fraction of sp³-hybridized carbons (Fsp3) is 0.267. The van der Waals surface area contributed by atoms with Crippen molar-refractivity contribution in [2.24, 2.45) is 0 Å². The van der Waals surface area contributed by atoms with E-state index in [-0.39, 0.29) is 11.5 Å². The smallest absolute Gasteiger partial charge is 0.272 e. The van der Waals surface area contributed by atoms with Crippen LogP contribution in [0.4, 0.5) is 0 Å². The number of fused-ring (bicyclic) bond motifs is 2. The Morgan fingerprint density at radius 2 is 2.17 bits per heavy atom. The average Bonchev–Trinajstić information content (AvgIpc) is 3.01. The first-order valence-electron chi connectivity index (χ1n) is 7.30. The molecule has 0 saturated heterocycles. The van der Waals surface area contributed by atoms with Crippen LogP contribution >= 0.6 is 0 Å². The number of nitrogens with zero attached hydrogens (tertiary/aromatic N) is 4. The van der Waals surface area contributed by atoms with Gasteiger partial charge in [0.2, 0.25) is 0 Å². The van der Waals surface area contributed by atoms with Crippen LogP contribution in [0.25, 0.3) is 11.0 Å². The molecule has 1 aliphatic rings. The molecule has 1 amide bonds. The number of aromatic nitrogens is 5. The summed E-state index contributed by atoms with van der Waals surface area (Å²) in [4.78, 5) is 37.6. The van der Waals surface area contributed by atoms with Crippen LogP contribution in [0.5, 0.6) is 0 Å². The van der Waals surface area contributed by atoms with Crippen molar-refractivity contribution in [3.63, 3.8) is 0 Å². The van der Waals surface area contributed by atoms with Crippen molar-refractivity contribution >= 4 is 16.9 Å². The van der Waals surface area contributed by atoms with Gasteiger partial charge in [0.1, 0.15) is 11.5 Å². The number of aromatic amines is 2. The summed E-state index contributed by atoms with van der Waals surface area (Å²) in [6.07, 6.45) is 2.16. The minimum Gasteiger partial charge on any atom is -0.331 e. The van der Waals surface area contributed by atoms with Crippen molar-refractivity contribution in [3.8, 4) is 0 Å². The molecule has 3 aromatic rings. The highest BCUT2D eigenvalue weighted by atomic mass is 16.2. The van der Waals surface area contributed by atoms with Crippen molar-refractivity contribution < 1.29 is 4.79 Å². The Morgan fingerprint density at radius 3 is 3.04 bits per heavy atom. The van der Waals surface area contributed by atoms with Crippen molar-refractivity contribution in [3.05, 3.63) is 51.5 Å². The molecule has 0 bridgehead atoms. The summed E-state index contributed by atoms with van der Waals surface area (Å²) in [5.74, 6) is 0.381. The van der Waals surface area contributed by atoms with Gasteiger partial charge in [0.15, 0.2) is 5.65 Å². The highest BCUT2D eigenvalue weighted by Gasteiger charge is 2.25. The number of hydrogen-bond donors (Lipinski definition) is 2. The van der Waals surface area contributed by atoms with E-state index in [4.69, 9.17) is 0 Å². The molecule has 0 fully saturated rings. The lowest BCUT2D eigenvalue weighted by Gasteiger charge is -2.27. The zero-order chi connectivity index (χ0) is 16.0. The van der Waals surface area contributed by atoms with Gasteiger partial charge in [-0.05, 0) is 25.5 Å². The molecule has 116 valence electrons. The van der Waals surface area contributed by atoms with Gasteiger partial charge in [-0.3, -0.25) is 14.7 Å². The summed E-state index contributed by atoms with van der Waals surface area (Å²) in [7, 11) is 0. The lowest BCUT2D eigenvalue weighted by molar-refractivity contribution is 0.0725. The standard InChI is InChI=1S/C15H14N6O2/c1-8-17-12-7-21(5-4-10(12)14(22)18-8)15(23)11-3-2-9-6-16-20-13(9)19-11/h2-3,6H,4-5,7H2,1H3,(H,16,19,20)(H,17,18,22). The number of carbonyl (C=O) groups excluding carboxylic acids is 1. The molecule has 4 rings (SSSR count). The van der Waals surface area contributed by atoms with Crippen LogP contribution in [0, 0.1) is 6.92 Å². The molecule has 0 saturated carbocycles. The molecular formula is C15H14N6O2. The van der Waals surface area contributed by atoms with Crippen LogP contribution in [0.1, 0.15) is 27.6 Å². The number of carbonyl (C=O) groups is 1. The van der Waals surface area contributed by atoms with Gasteiger partial charge in [-0.25, -0.2) is 9.97 Å². The predicted octanol–water partition coefficient (Wildman–Crippen LogP) is 0.548. The Hall–Kier alpha value is -3.03. The highest BCUT2D eigenvalue weighted by Crippen LogP contribution is 2.17. The minimum absolute atomic E-state index is 0.114. The first-order chi connectivity index (χ1) is 11.1. The Bertz CT molecular complexity index is 974. The maximum atomic E-state index is 12.7. The van der Waals surface area contributed by atoms with Crippen molar-refractivity contribution in [1.82, 2.24) is 30.0 Å². The molecule has 8 nitrogen and oxygen atoms in total. The largest absolute Gasteiger partial charge is 0.331 e. The van der Waals surface area contributed by atoms with E-state index in [1.165, 1.54) is 0 Å². The molecule has 0 spiro atoms. The molecular weight excluding hydrogens is 296 g/mol. The second kappa shape index (κ2) is 5.01. The van der Waals surface area contributed by atoms with E-state index in [0.717, 1.165) is 5.39 Å². The lowest BCUT2D eigenvalue weighted by Crippen LogP contribution is -2.39. The number of rotatable bonds is 1. The Labute approximate surface area is 130 Å². The first kappa shape index (κ1) is 13.6. The topological polar surface area (TPSA) is 108 Å². The van der Waals surface area contributed by atoms with E-state index in [1.807, 2.05) is 6.07 Å². The molecule has 0 radical (unpaired) electrons. The van der Waals surface area contributed by atoms with Gasteiger partial charge in [-0.2, -0.15) is 5.10 Å². The van der Waals surface area contributed by atoms with Gasteiger partial charge in [-0.15, -0.1) is 0 Å². The Kier molecular flexibility index (Phi) is 2.97.